The van der Waals surface area contributed by atoms with E-state index in [1.54, 1.807) is 11.3 Å². The van der Waals surface area contributed by atoms with Crippen molar-refractivity contribution in [3.05, 3.63) is 58.3 Å². The van der Waals surface area contributed by atoms with Crippen LogP contribution in [-0.2, 0) is 6.54 Å². The maximum Gasteiger partial charge on any atom is 0.0431 e. The lowest BCUT2D eigenvalue weighted by Crippen LogP contribution is -2.20. The van der Waals surface area contributed by atoms with Crippen molar-refractivity contribution < 1.29 is 5.11 Å². The third-order valence-corrected chi connectivity index (χ3v) is 3.83. The average molecular weight is 261 g/mol. The summed E-state index contributed by atoms with van der Waals surface area (Å²) >= 11 is 1.77. The van der Waals surface area contributed by atoms with Crippen molar-refractivity contribution in [2.24, 2.45) is 0 Å². The number of nitrogens with one attached hydrogen (secondary N) is 1. The molecule has 2 N–H and O–H groups in total. The largest absolute Gasteiger partial charge is 0.396 e. The van der Waals surface area contributed by atoms with Gasteiger partial charge in [0, 0.05) is 24.1 Å². The summed E-state index contributed by atoms with van der Waals surface area (Å²) in [6, 6.07) is 15.0. The van der Waals surface area contributed by atoms with E-state index in [0.29, 0.717) is 6.04 Å². The summed E-state index contributed by atoms with van der Waals surface area (Å²) in [6.07, 6.45) is 1.79. The molecule has 3 heteroatoms. The van der Waals surface area contributed by atoms with E-state index in [0.717, 1.165) is 19.4 Å². The molecule has 1 aromatic carbocycles. The van der Waals surface area contributed by atoms with Crippen LogP contribution in [0.2, 0.25) is 0 Å². The van der Waals surface area contributed by atoms with Gasteiger partial charge in [0.05, 0.1) is 0 Å². The minimum absolute atomic E-state index is 0.254. The quantitative estimate of drug-likeness (QED) is 0.801. The van der Waals surface area contributed by atoms with Crippen molar-refractivity contribution in [2.75, 3.05) is 6.61 Å². The summed E-state index contributed by atoms with van der Waals surface area (Å²) in [5, 5.41) is 14.7. The molecule has 18 heavy (non-hydrogen) atoms. The molecule has 0 aliphatic heterocycles. The highest BCUT2D eigenvalue weighted by atomic mass is 32.1. The number of hydrogen-bond acceptors (Lipinski definition) is 3. The predicted octanol–water partition coefficient (Wildman–Crippen LogP) is 3.35. The van der Waals surface area contributed by atoms with Crippen molar-refractivity contribution in [2.45, 2.75) is 25.4 Å². The van der Waals surface area contributed by atoms with E-state index >= 15 is 0 Å². The molecule has 2 nitrogen and oxygen atoms in total. The lowest BCUT2D eigenvalue weighted by atomic mass is 10.0. The van der Waals surface area contributed by atoms with E-state index in [9.17, 15) is 0 Å². The molecule has 0 aliphatic rings. The van der Waals surface area contributed by atoms with Crippen LogP contribution >= 0.6 is 11.3 Å². The Morgan fingerprint density at radius 2 is 1.94 bits per heavy atom. The average Bonchev–Trinajstić information content (AvgIpc) is 2.93. The molecule has 2 rings (SSSR count). The van der Waals surface area contributed by atoms with E-state index in [4.69, 9.17) is 5.11 Å². The van der Waals surface area contributed by atoms with Crippen LogP contribution in [0.1, 0.15) is 29.3 Å². The van der Waals surface area contributed by atoms with Crippen molar-refractivity contribution >= 4 is 11.3 Å². The third-order valence-electron chi connectivity index (χ3n) is 2.96. The Kier molecular flexibility index (Phi) is 5.39. The molecule has 1 aromatic heterocycles. The molecule has 0 radical (unpaired) electrons. The predicted molar refractivity (Wildman–Crippen MR) is 76.7 cm³/mol. The standard InChI is InChI=1S/C15H19NOS/c17-10-4-9-15(13-6-2-1-3-7-13)16-12-14-8-5-11-18-14/h1-3,5-8,11,15-17H,4,9-10,12H2. The molecule has 0 saturated heterocycles. The molecule has 96 valence electrons. The second kappa shape index (κ2) is 7.31. The Morgan fingerprint density at radius 3 is 2.61 bits per heavy atom. The Balaban J connectivity index is 1.96. The Hall–Kier alpha value is -1.16. The summed E-state index contributed by atoms with van der Waals surface area (Å²) < 4.78 is 0. The van der Waals surface area contributed by atoms with Crippen LogP contribution in [0.15, 0.2) is 47.8 Å². The highest BCUT2D eigenvalue weighted by molar-refractivity contribution is 7.09. The number of benzene rings is 1. The highest BCUT2D eigenvalue weighted by Gasteiger charge is 2.10. The Bertz CT molecular complexity index is 427. The molecule has 1 heterocycles. The van der Waals surface area contributed by atoms with E-state index < -0.39 is 0 Å². The van der Waals surface area contributed by atoms with Crippen LogP contribution in [0.5, 0.6) is 0 Å². The zero-order chi connectivity index (χ0) is 12.6. The Morgan fingerprint density at radius 1 is 1.11 bits per heavy atom. The maximum absolute atomic E-state index is 8.99. The summed E-state index contributed by atoms with van der Waals surface area (Å²) in [5.41, 5.74) is 1.29. The van der Waals surface area contributed by atoms with Gasteiger partial charge >= 0.3 is 0 Å². The van der Waals surface area contributed by atoms with Crippen LogP contribution in [0, 0.1) is 0 Å². The first kappa shape index (κ1) is 13.3. The van der Waals surface area contributed by atoms with Gasteiger partial charge in [-0.25, -0.2) is 0 Å². The van der Waals surface area contributed by atoms with E-state index in [1.807, 2.05) is 6.07 Å². The van der Waals surface area contributed by atoms with Gasteiger partial charge in [0.25, 0.3) is 0 Å². The Labute approximate surface area is 112 Å². The lowest BCUT2D eigenvalue weighted by Gasteiger charge is -2.18. The van der Waals surface area contributed by atoms with Gasteiger partial charge in [-0.1, -0.05) is 36.4 Å². The molecule has 0 fully saturated rings. The van der Waals surface area contributed by atoms with Crippen molar-refractivity contribution in [3.63, 3.8) is 0 Å². The fourth-order valence-corrected chi connectivity index (χ4v) is 2.66. The number of aliphatic hydroxyl groups is 1. The molecular formula is C15H19NOS. The summed E-state index contributed by atoms with van der Waals surface area (Å²) in [6.45, 7) is 1.15. The van der Waals surface area contributed by atoms with Crippen molar-refractivity contribution in [3.8, 4) is 0 Å². The number of aliphatic hydroxyl groups excluding tert-OH is 1. The first-order chi connectivity index (χ1) is 8.90. The zero-order valence-electron chi connectivity index (χ0n) is 10.4. The normalized spacial score (nSPS) is 12.5. The number of rotatable bonds is 7. The van der Waals surface area contributed by atoms with Gasteiger partial charge in [-0.15, -0.1) is 11.3 Å². The van der Waals surface area contributed by atoms with Crippen LogP contribution < -0.4 is 5.32 Å². The first-order valence-corrected chi connectivity index (χ1v) is 7.19. The van der Waals surface area contributed by atoms with Gasteiger partial charge in [-0.2, -0.15) is 0 Å². The molecule has 0 spiro atoms. The van der Waals surface area contributed by atoms with Gasteiger partial charge in [0.15, 0.2) is 0 Å². The highest BCUT2D eigenvalue weighted by Crippen LogP contribution is 2.19. The second-order valence-electron chi connectivity index (χ2n) is 4.29. The van der Waals surface area contributed by atoms with Gasteiger partial charge in [-0.05, 0) is 29.9 Å². The third kappa shape index (κ3) is 3.95. The summed E-state index contributed by atoms with van der Waals surface area (Å²) in [5.74, 6) is 0. The molecule has 2 aromatic rings. The molecule has 0 aliphatic carbocycles. The molecular weight excluding hydrogens is 242 g/mol. The first-order valence-electron chi connectivity index (χ1n) is 6.31. The van der Waals surface area contributed by atoms with Crippen molar-refractivity contribution in [1.29, 1.82) is 0 Å². The van der Waals surface area contributed by atoms with Crippen molar-refractivity contribution in [1.82, 2.24) is 5.32 Å². The molecule has 0 bridgehead atoms. The van der Waals surface area contributed by atoms with E-state index in [2.05, 4.69) is 47.1 Å². The van der Waals surface area contributed by atoms with Gasteiger partial charge in [0.1, 0.15) is 0 Å². The van der Waals surface area contributed by atoms with Crippen LogP contribution in [-0.4, -0.2) is 11.7 Å². The topological polar surface area (TPSA) is 32.3 Å². The molecule has 0 amide bonds. The fourth-order valence-electron chi connectivity index (χ4n) is 2.00. The smallest absolute Gasteiger partial charge is 0.0431 e. The van der Waals surface area contributed by atoms with Crippen LogP contribution in [0.25, 0.3) is 0 Å². The van der Waals surface area contributed by atoms with Gasteiger partial charge < -0.3 is 10.4 Å². The van der Waals surface area contributed by atoms with E-state index in [1.165, 1.54) is 10.4 Å². The van der Waals surface area contributed by atoms with Crippen LogP contribution in [0.3, 0.4) is 0 Å². The monoisotopic (exact) mass is 261 g/mol. The minimum Gasteiger partial charge on any atom is -0.396 e. The summed E-state index contributed by atoms with van der Waals surface area (Å²) in [4.78, 5) is 1.35. The summed E-state index contributed by atoms with van der Waals surface area (Å²) in [7, 11) is 0. The maximum atomic E-state index is 8.99. The molecule has 1 unspecified atom stereocenters. The van der Waals surface area contributed by atoms with E-state index in [-0.39, 0.29) is 6.61 Å². The van der Waals surface area contributed by atoms with Gasteiger partial charge in [-0.3, -0.25) is 0 Å². The SMILES string of the molecule is OCCCC(NCc1cccs1)c1ccccc1. The lowest BCUT2D eigenvalue weighted by molar-refractivity contribution is 0.275. The second-order valence-corrected chi connectivity index (χ2v) is 5.32. The zero-order valence-corrected chi connectivity index (χ0v) is 11.2. The van der Waals surface area contributed by atoms with Gasteiger partial charge in [0.2, 0.25) is 0 Å². The fraction of sp³-hybridized carbons (Fsp3) is 0.333. The molecule has 0 saturated carbocycles. The minimum atomic E-state index is 0.254. The van der Waals surface area contributed by atoms with Crippen LogP contribution in [0.4, 0.5) is 0 Å². The number of thiophene rings is 1. The molecule has 1 atom stereocenters. The number of hydrogen-bond donors (Lipinski definition) is 2.